The molecule has 1 heterocycles. The number of hydrogen-bond donors (Lipinski definition) is 2. The van der Waals surface area contributed by atoms with Crippen molar-refractivity contribution < 1.29 is 18.3 Å². The first kappa shape index (κ1) is 16.0. The van der Waals surface area contributed by atoms with Gasteiger partial charge in [0, 0.05) is 11.1 Å². The van der Waals surface area contributed by atoms with Crippen molar-refractivity contribution in [2.45, 2.75) is 11.8 Å². The van der Waals surface area contributed by atoms with Gasteiger partial charge in [-0.3, -0.25) is 4.72 Å². The first-order valence-electron chi connectivity index (χ1n) is 5.39. The lowest BCUT2D eigenvalue weighted by atomic mass is 10.2. The summed E-state index contributed by atoms with van der Waals surface area (Å²) in [5, 5.41) is 8.61. The van der Waals surface area contributed by atoms with Crippen LogP contribution in [-0.2, 0) is 10.0 Å². The molecule has 1 aromatic heterocycles. The molecular weight excluding hydrogens is 359 g/mol. The molecule has 1 aromatic carbocycles. The molecule has 0 aliphatic heterocycles. The number of rotatable bonds is 4. The van der Waals surface area contributed by atoms with Crippen molar-refractivity contribution in [2.75, 3.05) is 4.72 Å². The highest BCUT2D eigenvalue weighted by Gasteiger charge is 2.25. The van der Waals surface area contributed by atoms with E-state index in [1.54, 1.807) is 6.92 Å². The van der Waals surface area contributed by atoms with Gasteiger partial charge in [-0.2, -0.15) is 0 Å². The Morgan fingerprint density at radius 3 is 2.57 bits per heavy atom. The van der Waals surface area contributed by atoms with E-state index in [0.717, 1.165) is 22.3 Å². The van der Waals surface area contributed by atoms with Crippen molar-refractivity contribution in [2.24, 2.45) is 0 Å². The number of sulfonamides is 1. The van der Waals surface area contributed by atoms with Crippen LogP contribution in [0.3, 0.4) is 0 Å². The number of aromatic nitrogens is 1. The second-order valence-corrected chi connectivity index (χ2v) is 7.59. The Labute approximate surface area is 134 Å². The zero-order valence-corrected chi connectivity index (χ0v) is 13.6. The Kier molecular flexibility index (Phi) is 4.43. The van der Waals surface area contributed by atoms with Crippen molar-refractivity contribution >= 4 is 55.7 Å². The highest BCUT2D eigenvalue weighted by Crippen LogP contribution is 2.32. The minimum absolute atomic E-state index is 0.142. The summed E-state index contributed by atoms with van der Waals surface area (Å²) < 4.78 is 26.7. The van der Waals surface area contributed by atoms with Gasteiger partial charge < -0.3 is 5.11 Å². The number of carboxylic acids is 1. The van der Waals surface area contributed by atoms with Crippen molar-refractivity contribution in [1.29, 1.82) is 0 Å². The van der Waals surface area contributed by atoms with Crippen LogP contribution in [-0.4, -0.2) is 24.5 Å². The van der Waals surface area contributed by atoms with Gasteiger partial charge >= 0.3 is 5.97 Å². The summed E-state index contributed by atoms with van der Waals surface area (Å²) in [5.41, 5.74) is -0.462. The van der Waals surface area contributed by atoms with Gasteiger partial charge in [0.2, 0.25) is 0 Å². The number of aromatic carboxylic acids is 1. The van der Waals surface area contributed by atoms with Crippen LogP contribution in [0.5, 0.6) is 0 Å². The molecule has 2 N–H and O–H groups in total. The van der Waals surface area contributed by atoms with E-state index < -0.39 is 26.6 Å². The molecule has 0 unspecified atom stereocenters. The van der Waals surface area contributed by atoms with Crippen LogP contribution in [0.1, 0.15) is 15.2 Å². The summed E-state index contributed by atoms with van der Waals surface area (Å²) >= 11 is 12.7. The Bertz CT molecular complexity index is 818. The van der Waals surface area contributed by atoms with Gasteiger partial charge in [-0.05, 0) is 19.1 Å². The van der Waals surface area contributed by atoms with Crippen LogP contribution in [0.15, 0.2) is 23.2 Å². The molecule has 21 heavy (non-hydrogen) atoms. The third-order valence-electron chi connectivity index (χ3n) is 2.40. The molecule has 2 rings (SSSR count). The fourth-order valence-corrected chi connectivity index (χ4v) is 4.34. The number of nitrogens with zero attached hydrogens (tertiary/aromatic N) is 1. The Morgan fingerprint density at radius 1 is 1.38 bits per heavy atom. The summed E-state index contributed by atoms with van der Waals surface area (Å²) in [5.74, 6) is -1.41. The van der Waals surface area contributed by atoms with E-state index in [0.29, 0.717) is 0 Å². The number of hydrogen-bond acceptors (Lipinski definition) is 5. The SMILES string of the molecule is Cc1cnc(NS(=O)(=O)c2ccc(Cl)c(C(=O)O)c2Cl)s1. The van der Waals surface area contributed by atoms with E-state index in [1.807, 2.05) is 0 Å². The second-order valence-electron chi connectivity index (χ2n) is 3.92. The average Bonchev–Trinajstić information content (AvgIpc) is 2.72. The molecule has 0 radical (unpaired) electrons. The predicted molar refractivity (Wildman–Crippen MR) is 81.1 cm³/mol. The Morgan fingerprint density at radius 2 is 2.05 bits per heavy atom. The van der Waals surface area contributed by atoms with Crippen LogP contribution in [0.2, 0.25) is 10.0 Å². The number of nitrogens with one attached hydrogen (secondary N) is 1. The van der Waals surface area contributed by atoms with E-state index in [4.69, 9.17) is 28.3 Å². The van der Waals surface area contributed by atoms with E-state index in [1.165, 1.54) is 12.3 Å². The van der Waals surface area contributed by atoms with Crippen molar-refractivity contribution in [3.63, 3.8) is 0 Å². The molecule has 0 spiro atoms. The summed E-state index contributed by atoms with van der Waals surface area (Å²) in [6.07, 6.45) is 1.51. The smallest absolute Gasteiger partial charge is 0.338 e. The first-order valence-corrected chi connectivity index (χ1v) is 8.44. The molecule has 0 fully saturated rings. The highest BCUT2D eigenvalue weighted by molar-refractivity contribution is 7.93. The maximum Gasteiger partial charge on any atom is 0.338 e. The molecule has 0 saturated carbocycles. The van der Waals surface area contributed by atoms with Gasteiger partial charge in [0.25, 0.3) is 10.0 Å². The van der Waals surface area contributed by atoms with Gasteiger partial charge in [-0.15, -0.1) is 11.3 Å². The number of benzene rings is 1. The average molecular weight is 367 g/mol. The molecule has 0 aliphatic carbocycles. The molecule has 112 valence electrons. The molecule has 0 atom stereocenters. The minimum Gasteiger partial charge on any atom is -0.478 e. The van der Waals surface area contributed by atoms with Gasteiger partial charge in [0.15, 0.2) is 5.13 Å². The molecule has 6 nitrogen and oxygen atoms in total. The summed E-state index contributed by atoms with van der Waals surface area (Å²) in [4.78, 5) is 15.4. The highest BCUT2D eigenvalue weighted by atomic mass is 35.5. The van der Waals surface area contributed by atoms with E-state index in [2.05, 4.69) is 9.71 Å². The number of anilines is 1. The van der Waals surface area contributed by atoms with Crippen LogP contribution >= 0.6 is 34.5 Å². The fraction of sp³-hybridized carbons (Fsp3) is 0.0909. The molecule has 0 amide bonds. The van der Waals surface area contributed by atoms with Crippen molar-refractivity contribution in [3.05, 3.63) is 38.8 Å². The second kappa shape index (κ2) is 5.80. The van der Waals surface area contributed by atoms with Gasteiger partial charge in [0.05, 0.1) is 15.6 Å². The third kappa shape index (κ3) is 3.29. The maximum absolute atomic E-state index is 12.3. The zero-order chi connectivity index (χ0) is 15.8. The molecule has 0 aliphatic rings. The summed E-state index contributed by atoms with van der Waals surface area (Å²) in [6, 6.07) is 2.30. The summed E-state index contributed by atoms with van der Waals surface area (Å²) in [7, 11) is -4.06. The van der Waals surface area contributed by atoms with E-state index in [9.17, 15) is 13.2 Å². The van der Waals surface area contributed by atoms with Crippen molar-refractivity contribution in [3.8, 4) is 0 Å². The summed E-state index contributed by atoms with van der Waals surface area (Å²) in [6.45, 7) is 1.77. The lowest BCUT2D eigenvalue weighted by molar-refractivity contribution is 0.0697. The number of carboxylic acid groups (broad SMARTS) is 1. The molecule has 2 aromatic rings. The number of aryl methyl sites for hydroxylation is 1. The van der Waals surface area contributed by atoms with E-state index in [-0.39, 0.29) is 15.0 Å². The third-order valence-corrected chi connectivity index (χ3v) is 5.56. The Hall–Kier alpha value is -1.35. The molecule has 10 heteroatoms. The predicted octanol–water partition coefficient (Wildman–Crippen LogP) is 3.26. The zero-order valence-electron chi connectivity index (χ0n) is 10.4. The van der Waals surface area contributed by atoms with Gasteiger partial charge in [-0.25, -0.2) is 18.2 Å². The van der Waals surface area contributed by atoms with Crippen LogP contribution < -0.4 is 4.72 Å². The van der Waals surface area contributed by atoms with Crippen LogP contribution in [0.4, 0.5) is 5.13 Å². The Balaban J connectivity index is 2.50. The normalized spacial score (nSPS) is 11.4. The van der Waals surface area contributed by atoms with Crippen molar-refractivity contribution in [1.82, 2.24) is 4.98 Å². The van der Waals surface area contributed by atoms with Gasteiger partial charge in [0.1, 0.15) is 4.90 Å². The molecule has 0 saturated heterocycles. The largest absolute Gasteiger partial charge is 0.478 e. The lowest BCUT2D eigenvalue weighted by Crippen LogP contribution is -2.14. The first-order chi connectivity index (χ1) is 9.72. The molecular formula is C11H8Cl2N2O4S2. The van der Waals surface area contributed by atoms with Crippen LogP contribution in [0, 0.1) is 6.92 Å². The maximum atomic E-state index is 12.3. The van der Waals surface area contributed by atoms with E-state index >= 15 is 0 Å². The fourth-order valence-electron chi connectivity index (χ4n) is 1.51. The number of carbonyl (C=O) groups is 1. The van der Waals surface area contributed by atoms with Crippen LogP contribution in [0.25, 0.3) is 0 Å². The van der Waals surface area contributed by atoms with Gasteiger partial charge in [-0.1, -0.05) is 23.2 Å². The monoisotopic (exact) mass is 366 g/mol. The minimum atomic E-state index is -4.06. The topological polar surface area (TPSA) is 96.4 Å². The standard InChI is InChI=1S/C11H8Cl2N2O4S2/c1-5-4-14-11(20-5)15-21(18,19)7-3-2-6(12)8(9(7)13)10(16)17/h2-4H,1H3,(H,14,15)(H,16,17). The molecule has 0 bridgehead atoms. The number of halogens is 2. The number of thiazole rings is 1. The quantitative estimate of drug-likeness (QED) is 0.865. The lowest BCUT2D eigenvalue weighted by Gasteiger charge is -2.10.